The molecular formula is C16H20INO3. The minimum absolute atomic E-state index is 0.0400. The second-order valence-corrected chi connectivity index (χ2v) is 6.60. The van der Waals surface area contributed by atoms with Gasteiger partial charge >= 0.3 is 5.97 Å². The zero-order chi connectivity index (χ0) is 15.4. The lowest BCUT2D eigenvalue weighted by atomic mass is 9.96. The van der Waals surface area contributed by atoms with Crippen LogP contribution in [0.1, 0.15) is 48.0 Å². The van der Waals surface area contributed by atoms with Gasteiger partial charge in [-0.05, 0) is 66.8 Å². The fourth-order valence-corrected chi connectivity index (χ4v) is 3.42. The van der Waals surface area contributed by atoms with Gasteiger partial charge in [-0.3, -0.25) is 9.59 Å². The second-order valence-electron chi connectivity index (χ2n) is 5.52. The van der Waals surface area contributed by atoms with E-state index in [-0.39, 0.29) is 18.4 Å². The van der Waals surface area contributed by atoms with Gasteiger partial charge in [0, 0.05) is 22.6 Å². The molecule has 1 amide bonds. The van der Waals surface area contributed by atoms with Crippen molar-refractivity contribution in [2.45, 2.75) is 45.1 Å². The fourth-order valence-electron chi connectivity index (χ4n) is 2.83. The normalized spacial score (nSPS) is 18.6. The molecule has 1 saturated heterocycles. The van der Waals surface area contributed by atoms with E-state index in [0.717, 1.165) is 40.5 Å². The van der Waals surface area contributed by atoms with E-state index in [0.29, 0.717) is 6.42 Å². The lowest BCUT2D eigenvalue weighted by molar-refractivity contribution is -0.137. The molecule has 1 N–H and O–H groups in total. The maximum atomic E-state index is 12.8. The van der Waals surface area contributed by atoms with Crippen LogP contribution in [0.15, 0.2) is 18.2 Å². The largest absolute Gasteiger partial charge is 0.481 e. The minimum atomic E-state index is -0.793. The molecular weight excluding hydrogens is 381 g/mol. The average Bonchev–Trinajstić information content (AvgIpc) is 2.47. The third-order valence-electron chi connectivity index (χ3n) is 4.00. The molecule has 1 aliphatic heterocycles. The number of amides is 1. The Kier molecular flexibility index (Phi) is 5.61. The zero-order valence-electron chi connectivity index (χ0n) is 12.1. The maximum Gasteiger partial charge on any atom is 0.303 e. The lowest BCUT2D eigenvalue weighted by Crippen LogP contribution is -2.44. The highest BCUT2D eigenvalue weighted by Crippen LogP contribution is 2.25. The summed E-state index contributed by atoms with van der Waals surface area (Å²) in [5.74, 6) is -0.753. The number of hydrogen-bond acceptors (Lipinski definition) is 2. The average molecular weight is 401 g/mol. The van der Waals surface area contributed by atoms with Gasteiger partial charge in [0.25, 0.3) is 5.91 Å². The van der Waals surface area contributed by atoms with Crippen LogP contribution in [0.2, 0.25) is 0 Å². The van der Waals surface area contributed by atoms with Gasteiger partial charge in [0.1, 0.15) is 0 Å². The molecule has 1 unspecified atom stereocenters. The molecule has 0 spiro atoms. The summed E-state index contributed by atoms with van der Waals surface area (Å²) in [5, 5.41) is 8.86. The molecule has 1 heterocycles. The highest BCUT2D eigenvalue weighted by molar-refractivity contribution is 14.1. The van der Waals surface area contributed by atoms with E-state index in [9.17, 15) is 9.59 Å². The number of hydrogen-bond donors (Lipinski definition) is 1. The highest BCUT2D eigenvalue weighted by Gasteiger charge is 2.28. The number of aryl methyl sites for hydroxylation is 1. The van der Waals surface area contributed by atoms with Crippen molar-refractivity contribution in [2.75, 3.05) is 6.54 Å². The van der Waals surface area contributed by atoms with E-state index in [1.807, 2.05) is 30.0 Å². The third kappa shape index (κ3) is 3.96. The number of nitrogens with zero attached hydrogens (tertiary/aromatic N) is 1. The summed E-state index contributed by atoms with van der Waals surface area (Å²) in [6.45, 7) is 2.73. The molecule has 21 heavy (non-hydrogen) atoms. The van der Waals surface area contributed by atoms with Gasteiger partial charge in [-0.15, -0.1) is 0 Å². The van der Waals surface area contributed by atoms with Crippen molar-refractivity contribution in [3.05, 3.63) is 32.9 Å². The summed E-state index contributed by atoms with van der Waals surface area (Å²) >= 11 is 2.21. The number of halogens is 1. The first-order valence-electron chi connectivity index (χ1n) is 7.28. The summed E-state index contributed by atoms with van der Waals surface area (Å²) in [6, 6.07) is 5.82. The van der Waals surface area contributed by atoms with Crippen molar-refractivity contribution in [1.82, 2.24) is 4.90 Å². The molecule has 5 heteroatoms. The van der Waals surface area contributed by atoms with Crippen LogP contribution in [0.5, 0.6) is 0 Å². The van der Waals surface area contributed by atoms with Crippen molar-refractivity contribution in [3.63, 3.8) is 0 Å². The first-order valence-corrected chi connectivity index (χ1v) is 8.36. The van der Waals surface area contributed by atoms with E-state index in [4.69, 9.17) is 5.11 Å². The van der Waals surface area contributed by atoms with E-state index in [2.05, 4.69) is 22.6 Å². The smallest absolute Gasteiger partial charge is 0.303 e. The Labute approximate surface area is 138 Å². The van der Waals surface area contributed by atoms with E-state index in [1.54, 1.807) is 0 Å². The Balaban J connectivity index is 2.18. The van der Waals surface area contributed by atoms with Crippen LogP contribution in [-0.4, -0.2) is 34.5 Å². The maximum absolute atomic E-state index is 12.8. The van der Waals surface area contributed by atoms with Gasteiger partial charge in [-0.25, -0.2) is 0 Å². The Hall–Kier alpha value is -1.11. The molecule has 1 atom stereocenters. The van der Waals surface area contributed by atoms with Crippen LogP contribution in [0.25, 0.3) is 0 Å². The summed E-state index contributed by atoms with van der Waals surface area (Å²) in [4.78, 5) is 25.5. The predicted molar refractivity (Wildman–Crippen MR) is 89.4 cm³/mol. The van der Waals surface area contributed by atoms with Gasteiger partial charge in [-0.2, -0.15) is 0 Å². The predicted octanol–water partition coefficient (Wildman–Crippen LogP) is 3.46. The first-order chi connectivity index (χ1) is 10.0. The number of aliphatic carboxylic acids is 1. The number of rotatable bonds is 4. The van der Waals surface area contributed by atoms with E-state index >= 15 is 0 Å². The molecule has 0 bridgehead atoms. The van der Waals surface area contributed by atoms with Gasteiger partial charge < -0.3 is 10.0 Å². The Morgan fingerprint density at radius 3 is 2.86 bits per heavy atom. The van der Waals surface area contributed by atoms with Gasteiger partial charge in [-0.1, -0.05) is 12.1 Å². The molecule has 0 aromatic heterocycles. The number of carbonyl (C=O) groups excluding carboxylic acids is 1. The van der Waals surface area contributed by atoms with Crippen molar-refractivity contribution < 1.29 is 14.7 Å². The fraction of sp³-hybridized carbons (Fsp3) is 0.500. The highest BCUT2D eigenvalue weighted by atomic mass is 127. The van der Waals surface area contributed by atoms with Crippen molar-refractivity contribution in [2.24, 2.45) is 0 Å². The molecule has 0 aliphatic carbocycles. The standard InChI is InChI=1S/C16H20INO3/c1-11-5-4-7-13(15(11)17)16(21)18-10-3-2-6-12(18)8-9-14(19)20/h4-5,7,12H,2-3,6,8-10H2,1H3,(H,19,20). The monoisotopic (exact) mass is 401 g/mol. The summed E-state index contributed by atoms with van der Waals surface area (Å²) < 4.78 is 0.989. The van der Waals surface area contributed by atoms with Crippen molar-refractivity contribution in [3.8, 4) is 0 Å². The van der Waals surface area contributed by atoms with Crippen LogP contribution >= 0.6 is 22.6 Å². The molecule has 0 saturated carbocycles. The number of carboxylic acids is 1. The summed E-state index contributed by atoms with van der Waals surface area (Å²) in [5.41, 5.74) is 1.83. The molecule has 2 rings (SSSR count). The molecule has 1 fully saturated rings. The summed E-state index contributed by atoms with van der Waals surface area (Å²) in [7, 11) is 0. The van der Waals surface area contributed by atoms with Gasteiger partial charge in [0.05, 0.1) is 5.56 Å². The van der Waals surface area contributed by atoms with Crippen LogP contribution in [0, 0.1) is 10.5 Å². The van der Waals surface area contributed by atoms with E-state index in [1.165, 1.54) is 0 Å². The molecule has 4 nitrogen and oxygen atoms in total. The molecule has 1 aliphatic rings. The minimum Gasteiger partial charge on any atom is -0.481 e. The zero-order valence-corrected chi connectivity index (χ0v) is 14.3. The number of likely N-dealkylation sites (tertiary alicyclic amines) is 1. The van der Waals surface area contributed by atoms with Gasteiger partial charge in [0.2, 0.25) is 0 Å². The number of benzene rings is 1. The van der Waals surface area contributed by atoms with Crippen LogP contribution in [-0.2, 0) is 4.79 Å². The lowest BCUT2D eigenvalue weighted by Gasteiger charge is -2.36. The molecule has 114 valence electrons. The van der Waals surface area contributed by atoms with Crippen molar-refractivity contribution in [1.29, 1.82) is 0 Å². The van der Waals surface area contributed by atoms with E-state index < -0.39 is 5.97 Å². The summed E-state index contributed by atoms with van der Waals surface area (Å²) in [6.07, 6.45) is 3.64. The third-order valence-corrected chi connectivity index (χ3v) is 5.43. The molecule has 0 radical (unpaired) electrons. The van der Waals surface area contributed by atoms with Crippen LogP contribution < -0.4 is 0 Å². The second kappa shape index (κ2) is 7.24. The topological polar surface area (TPSA) is 57.6 Å². The molecule has 1 aromatic rings. The van der Waals surface area contributed by atoms with Crippen LogP contribution in [0.4, 0.5) is 0 Å². The van der Waals surface area contributed by atoms with Gasteiger partial charge in [0.15, 0.2) is 0 Å². The Bertz CT molecular complexity index is 544. The number of carboxylic acid groups (broad SMARTS) is 1. The molecule has 1 aromatic carbocycles. The Morgan fingerprint density at radius 1 is 1.38 bits per heavy atom. The quantitative estimate of drug-likeness (QED) is 0.787. The number of carbonyl (C=O) groups is 2. The van der Waals surface area contributed by atoms with Crippen LogP contribution in [0.3, 0.4) is 0 Å². The number of piperidine rings is 1. The van der Waals surface area contributed by atoms with Crippen molar-refractivity contribution >= 4 is 34.5 Å². The first kappa shape index (κ1) is 16.3. The Morgan fingerprint density at radius 2 is 2.14 bits per heavy atom. The SMILES string of the molecule is Cc1cccc(C(=O)N2CCCCC2CCC(=O)O)c1I.